The monoisotopic (exact) mass is 198 g/mol. The van der Waals surface area contributed by atoms with E-state index >= 15 is 0 Å². The van der Waals surface area contributed by atoms with Crippen LogP contribution >= 0.6 is 11.6 Å². The van der Waals surface area contributed by atoms with Gasteiger partial charge in [-0.25, -0.2) is 0 Å². The van der Waals surface area contributed by atoms with Gasteiger partial charge in [0.15, 0.2) is 0 Å². The molecule has 0 unspecified atom stereocenters. The van der Waals surface area contributed by atoms with Crippen LogP contribution in [0.15, 0.2) is 18.2 Å². The van der Waals surface area contributed by atoms with Crippen LogP contribution in [0.25, 0.3) is 0 Å². The fourth-order valence-electron chi connectivity index (χ4n) is 0.992. The molecule has 70 valence electrons. The van der Waals surface area contributed by atoms with Crippen LogP contribution in [-0.4, -0.2) is 12.9 Å². The van der Waals surface area contributed by atoms with Gasteiger partial charge in [0.2, 0.25) is 0 Å². The van der Waals surface area contributed by atoms with E-state index < -0.39 is 0 Å². The molecule has 0 aliphatic rings. The molecule has 2 nitrogen and oxygen atoms in total. The third-order valence-corrected chi connectivity index (χ3v) is 1.87. The van der Waals surface area contributed by atoms with Crippen LogP contribution in [-0.2, 0) is 4.79 Å². The zero-order chi connectivity index (χ0) is 9.68. The van der Waals surface area contributed by atoms with Crippen molar-refractivity contribution in [1.82, 2.24) is 0 Å². The third-order valence-electron chi connectivity index (χ3n) is 1.63. The molecule has 13 heavy (non-hydrogen) atoms. The number of aldehydes is 1. The maximum absolute atomic E-state index is 10.0. The molecule has 0 heterocycles. The number of benzene rings is 1. The zero-order valence-corrected chi connectivity index (χ0v) is 8.17. The van der Waals surface area contributed by atoms with E-state index in [-0.39, 0.29) is 0 Å². The standard InChI is InChI=1S/C10H11ClO2/c1-8-7-9(11)3-4-10(8)13-6-2-5-12/h3-5,7H,2,6H2,1H3. The molecule has 0 amide bonds. The van der Waals surface area contributed by atoms with Crippen molar-refractivity contribution in [2.45, 2.75) is 13.3 Å². The molecule has 0 aromatic heterocycles. The number of hydrogen-bond acceptors (Lipinski definition) is 2. The van der Waals surface area contributed by atoms with E-state index in [2.05, 4.69) is 0 Å². The van der Waals surface area contributed by atoms with Gasteiger partial charge in [0.05, 0.1) is 6.61 Å². The van der Waals surface area contributed by atoms with Gasteiger partial charge >= 0.3 is 0 Å². The summed E-state index contributed by atoms with van der Waals surface area (Å²) in [6.07, 6.45) is 1.26. The lowest BCUT2D eigenvalue weighted by Crippen LogP contribution is -1.98. The molecule has 0 atom stereocenters. The minimum atomic E-state index is 0.419. The fraction of sp³-hybridized carbons (Fsp3) is 0.300. The second-order valence-corrected chi connectivity index (χ2v) is 3.15. The maximum atomic E-state index is 10.0. The second kappa shape index (κ2) is 4.87. The van der Waals surface area contributed by atoms with E-state index in [0.29, 0.717) is 18.1 Å². The Morgan fingerprint density at radius 1 is 1.54 bits per heavy atom. The van der Waals surface area contributed by atoms with Crippen LogP contribution in [0.3, 0.4) is 0 Å². The Morgan fingerprint density at radius 3 is 2.92 bits per heavy atom. The van der Waals surface area contributed by atoms with Crippen LogP contribution in [0.2, 0.25) is 5.02 Å². The lowest BCUT2D eigenvalue weighted by molar-refractivity contribution is -0.108. The topological polar surface area (TPSA) is 26.3 Å². The number of ether oxygens (including phenoxy) is 1. The molecule has 0 radical (unpaired) electrons. The normalized spacial score (nSPS) is 9.69. The molecule has 0 aliphatic carbocycles. The lowest BCUT2D eigenvalue weighted by atomic mass is 10.2. The van der Waals surface area contributed by atoms with E-state index in [1.807, 2.05) is 19.1 Å². The molecule has 0 saturated carbocycles. The highest BCUT2D eigenvalue weighted by molar-refractivity contribution is 6.30. The average Bonchev–Trinajstić information content (AvgIpc) is 2.09. The zero-order valence-electron chi connectivity index (χ0n) is 7.42. The van der Waals surface area contributed by atoms with Crippen molar-refractivity contribution < 1.29 is 9.53 Å². The number of carbonyl (C=O) groups is 1. The van der Waals surface area contributed by atoms with Crippen LogP contribution in [0.1, 0.15) is 12.0 Å². The molecule has 1 rings (SSSR count). The number of halogens is 1. The van der Waals surface area contributed by atoms with Crippen LogP contribution in [0, 0.1) is 6.92 Å². The molecule has 0 bridgehead atoms. The second-order valence-electron chi connectivity index (χ2n) is 2.71. The predicted molar refractivity (Wildman–Crippen MR) is 52.4 cm³/mol. The molecular weight excluding hydrogens is 188 g/mol. The number of carbonyl (C=O) groups excluding carboxylic acids is 1. The Hall–Kier alpha value is -1.02. The van der Waals surface area contributed by atoms with Crippen molar-refractivity contribution in [3.63, 3.8) is 0 Å². The molecule has 3 heteroatoms. The van der Waals surface area contributed by atoms with Gasteiger partial charge in [-0.2, -0.15) is 0 Å². The number of hydrogen-bond donors (Lipinski definition) is 0. The van der Waals surface area contributed by atoms with Crippen molar-refractivity contribution in [3.8, 4) is 5.75 Å². The summed E-state index contributed by atoms with van der Waals surface area (Å²) in [5, 5.41) is 0.695. The average molecular weight is 199 g/mol. The SMILES string of the molecule is Cc1cc(Cl)ccc1OCCC=O. The lowest BCUT2D eigenvalue weighted by Gasteiger charge is -2.07. The summed E-state index contributed by atoms with van der Waals surface area (Å²) < 4.78 is 5.34. The highest BCUT2D eigenvalue weighted by Crippen LogP contribution is 2.21. The van der Waals surface area contributed by atoms with E-state index in [4.69, 9.17) is 16.3 Å². The van der Waals surface area contributed by atoms with E-state index in [1.54, 1.807) is 6.07 Å². The molecular formula is C10H11ClO2. The van der Waals surface area contributed by atoms with Crippen LogP contribution < -0.4 is 4.74 Å². The molecule has 1 aromatic rings. The smallest absolute Gasteiger partial charge is 0.123 e. The Labute approximate surface area is 82.5 Å². The number of aryl methyl sites for hydroxylation is 1. The Morgan fingerprint density at radius 2 is 2.31 bits per heavy atom. The summed E-state index contributed by atoms with van der Waals surface area (Å²) >= 11 is 5.77. The molecule has 0 N–H and O–H groups in total. The highest BCUT2D eigenvalue weighted by Gasteiger charge is 1.99. The first kappa shape index (κ1) is 10.1. The van der Waals surface area contributed by atoms with Crippen molar-refractivity contribution in [1.29, 1.82) is 0 Å². The van der Waals surface area contributed by atoms with Gasteiger partial charge in [-0.3, -0.25) is 0 Å². The number of rotatable bonds is 4. The van der Waals surface area contributed by atoms with Gasteiger partial charge in [0.25, 0.3) is 0 Å². The van der Waals surface area contributed by atoms with Gasteiger partial charge in [0, 0.05) is 11.4 Å². The molecule has 0 aliphatic heterocycles. The summed E-state index contributed by atoms with van der Waals surface area (Å²) in [5.74, 6) is 0.784. The van der Waals surface area contributed by atoms with Gasteiger partial charge < -0.3 is 9.53 Å². The molecule has 1 aromatic carbocycles. The summed E-state index contributed by atoms with van der Waals surface area (Å²) in [7, 11) is 0. The van der Waals surface area contributed by atoms with E-state index in [1.165, 1.54) is 0 Å². The first-order chi connectivity index (χ1) is 6.24. The molecule has 0 fully saturated rings. The van der Waals surface area contributed by atoms with Crippen molar-refractivity contribution in [2.24, 2.45) is 0 Å². The highest BCUT2D eigenvalue weighted by atomic mass is 35.5. The van der Waals surface area contributed by atoms with Gasteiger partial charge in [-0.05, 0) is 30.7 Å². The third kappa shape index (κ3) is 3.07. The van der Waals surface area contributed by atoms with Gasteiger partial charge in [-0.15, -0.1) is 0 Å². The Kier molecular flexibility index (Phi) is 3.77. The van der Waals surface area contributed by atoms with E-state index in [0.717, 1.165) is 17.6 Å². The Balaban J connectivity index is 2.61. The first-order valence-corrected chi connectivity index (χ1v) is 4.44. The predicted octanol–water partition coefficient (Wildman–Crippen LogP) is 2.62. The summed E-state index contributed by atoms with van der Waals surface area (Å²) in [6, 6.07) is 5.41. The van der Waals surface area contributed by atoms with Crippen molar-refractivity contribution in [2.75, 3.05) is 6.61 Å². The molecule has 0 spiro atoms. The minimum Gasteiger partial charge on any atom is -0.493 e. The summed E-state index contributed by atoms with van der Waals surface area (Å²) in [5.41, 5.74) is 0.985. The van der Waals surface area contributed by atoms with E-state index in [9.17, 15) is 4.79 Å². The minimum absolute atomic E-state index is 0.419. The van der Waals surface area contributed by atoms with Crippen LogP contribution in [0.5, 0.6) is 5.75 Å². The Bertz CT molecular complexity index is 297. The van der Waals surface area contributed by atoms with Crippen molar-refractivity contribution in [3.05, 3.63) is 28.8 Å². The van der Waals surface area contributed by atoms with Gasteiger partial charge in [-0.1, -0.05) is 11.6 Å². The first-order valence-electron chi connectivity index (χ1n) is 4.06. The summed E-state index contributed by atoms with van der Waals surface area (Å²) in [4.78, 5) is 10.0. The van der Waals surface area contributed by atoms with Crippen molar-refractivity contribution >= 4 is 17.9 Å². The van der Waals surface area contributed by atoms with Gasteiger partial charge in [0.1, 0.15) is 12.0 Å². The summed E-state index contributed by atoms with van der Waals surface area (Å²) in [6.45, 7) is 2.34. The fourth-order valence-corrected chi connectivity index (χ4v) is 1.22. The maximum Gasteiger partial charge on any atom is 0.123 e. The van der Waals surface area contributed by atoms with Crippen LogP contribution in [0.4, 0.5) is 0 Å². The quantitative estimate of drug-likeness (QED) is 0.549. The largest absolute Gasteiger partial charge is 0.493 e. The molecule has 0 saturated heterocycles.